The van der Waals surface area contributed by atoms with E-state index < -0.39 is 11.2 Å². The van der Waals surface area contributed by atoms with Gasteiger partial charge in [-0.05, 0) is 6.07 Å². The zero-order chi connectivity index (χ0) is 11.3. The lowest BCUT2D eigenvalue weighted by Crippen LogP contribution is -2.25. The fourth-order valence-electron chi connectivity index (χ4n) is 1.69. The molecule has 0 aliphatic rings. The number of rotatable bonds is 0. The van der Waals surface area contributed by atoms with Crippen LogP contribution in [0.4, 0.5) is 0 Å². The van der Waals surface area contributed by atoms with Crippen LogP contribution in [0.15, 0.2) is 33.9 Å². The summed E-state index contributed by atoms with van der Waals surface area (Å²) in [6, 6.07) is 7.45. The van der Waals surface area contributed by atoms with Crippen molar-refractivity contribution in [1.82, 2.24) is 9.07 Å². The predicted molar refractivity (Wildman–Crippen MR) is 65.5 cm³/mol. The summed E-state index contributed by atoms with van der Waals surface area (Å²) in [6.45, 7) is 0. The maximum Gasteiger partial charge on any atom is 0.343 e. The third kappa shape index (κ3) is 1.15. The standard InChI is InChI=1S/C10H5ClN2O2S/c11-13-7-5-3-1-2-4-6(5)16-8(7)9(14)12-10(13)15/h1-4H,(H,12,14,15). The normalized spacial score (nSPS) is 11.3. The molecule has 2 heterocycles. The average molecular weight is 253 g/mol. The van der Waals surface area contributed by atoms with Crippen molar-refractivity contribution in [3.8, 4) is 0 Å². The Morgan fingerprint density at radius 3 is 2.81 bits per heavy atom. The first-order valence-corrected chi connectivity index (χ1v) is 5.66. The molecule has 0 spiro atoms. The van der Waals surface area contributed by atoms with Gasteiger partial charge in [0.25, 0.3) is 5.56 Å². The number of nitrogens with zero attached hydrogens (tertiary/aromatic N) is 1. The van der Waals surface area contributed by atoms with E-state index in [0.717, 1.165) is 14.2 Å². The van der Waals surface area contributed by atoms with E-state index in [4.69, 9.17) is 11.8 Å². The molecular weight excluding hydrogens is 248 g/mol. The number of aromatic nitrogens is 2. The fourth-order valence-corrected chi connectivity index (χ4v) is 3.04. The molecular formula is C10H5ClN2O2S. The molecule has 80 valence electrons. The quantitative estimate of drug-likeness (QED) is 0.664. The summed E-state index contributed by atoms with van der Waals surface area (Å²) in [5.41, 5.74) is -0.517. The average Bonchev–Trinajstić information content (AvgIpc) is 2.66. The van der Waals surface area contributed by atoms with Gasteiger partial charge >= 0.3 is 5.69 Å². The van der Waals surface area contributed by atoms with Crippen molar-refractivity contribution in [2.45, 2.75) is 0 Å². The van der Waals surface area contributed by atoms with Crippen LogP contribution in [0.1, 0.15) is 0 Å². The van der Waals surface area contributed by atoms with Crippen LogP contribution >= 0.6 is 23.1 Å². The van der Waals surface area contributed by atoms with Gasteiger partial charge in [0.1, 0.15) is 4.70 Å². The molecule has 0 saturated heterocycles. The van der Waals surface area contributed by atoms with Crippen molar-refractivity contribution in [2.24, 2.45) is 0 Å². The Labute approximate surface area is 97.8 Å². The molecule has 16 heavy (non-hydrogen) atoms. The third-order valence-corrected chi connectivity index (χ3v) is 3.85. The zero-order valence-electron chi connectivity index (χ0n) is 7.86. The van der Waals surface area contributed by atoms with E-state index in [0.29, 0.717) is 10.2 Å². The molecule has 0 unspecified atom stereocenters. The topological polar surface area (TPSA) is 54.9 Å². The van der Waals surface area contributed by atoms with Gasteiger partial charge < -0.3 is 0 Å². The molecule has 0 atom stereocenters. The van der Waals surface area contributed by atoms with E-state index in [-0.39, 0.29) is 0 Å². The third-order valence-electron chi connectivity index (χ3n) is 2.37. The van der Waals surface area contributed by atoms with Gasteiger partial charge in [-0.1, -0.05) is 18.2 Å². The highest BCUT2D eigenvalue weighted by molar-refractivity contribution is 7.25. The number of thiophene rings is 1. The van der Waals surface area contributed by atoms with Gasteiger partial charge in [-0.2, -0.15) is 0 Å². The van der Waals surface area contributed by atoms with Crippen LogP contribution in [0.2, 0.25) is 0 Å². The molecule has 3 aromatic rings. The molecule has 3 rings (SSSR count). The van der Waals surface area contributed by atoms with E-state index in [1.54, 1.807) is 0 Å². The first kappa shape index (κ1) is 9.62. The Bertz CT molecular complexity index is 815. The maximum atomic E-state index is 11.6. The molecule has 0 saturated carbocycles. The zero-order valence-corrected chi connectivity index (χ0v) is 9.43. The first-order chi connectivity index (χ1) is 7.68. The summed E-state index contributed by atoms with van der Waals surface area (Å²) < 4.78 is 2.36. The highest BCUT2D eigenvalue weighted by Gasteiger charge is 2.12. The van der Waals surface area contributed by atoms with Gasteiger partial charge in [-0.15, -0.1) is 11.3 Å². The van der Waals surface area contributed by atoms with Gasteiger partial charge in [0.05, 0.1) is 5.52 Å². The van der Waals surface area contributed by atoms with Crippen molar-refractivity contribution in [1.29, 1.82) is 0 Å². The Balaban J connectivity index is 2.77. The lowest BCUT2D eigenvalue weighted by atomic mass is 10.2. The maximum absolute atomic E-state index is 11.6. The Morgan fingerprint density at radius 2 is 2.00 bits per heavy atom. The molecule has 1 aromatic carbocycles. The van der Waals surface area contributed by atoms with Gasteiger partial charge in [-0.25, -0.2) is 8.88 Å². The second-order valence-corrected chi connectivity index (χ2v) is 4.71. The predicted octanol–water partition coefficient (Wildman–Crippen LogP) is 1.91. The number of hydrogen-bond donors (Lipinski definition) is 1. The minimum atomic E-state index is -0.609. The van der Waals surface area contributed by atoms with Crippen LogP contribution in [-0.4, -0.2) is 9.07 Å². The second kappa shape index (κ2) is 3.20. The van der Waals surface area contributed by atoms with Gasteiger partial charge in [-0.3, -0.25) is 9.78 Å². The molecule has 0 aliphatic carbocycles. The molecule has 0 aliphatic heterocycles. The van der Waals surface area contributed by atoms with Crippen molar-refractivity contribution >= 4 is 43.4 Å². The van der Waals surface area contributed by atoms with E-state index in [1.165, 1.54) is 11.3 Å². The molecule has 1 N–H and O–H groups in total. The fraction of sp³-hybridized carbons (Fsp3) is 0. The second-order valence-electron chi connectivity index (χ2n) is 3.32. The molecule has 0 fully saturated rings. The summed E-state index contributed by atoms with van der Waals surface area (Å²) in [6.07, 6.45) is 0. The van der Waals surface area contributed by atoms with Crippen LogP contribution in [0.3, 0.4) is 0 Å². The Hall–Kier alpha value is -1.59. The van der Waals surface area contributed by atoms with Crippen molar-refractivity contribution in [2.75, 3.05) is 0 Å². The highest BCUT2D eigenvalue weighted by Crippen LogP contribution is 2.30. The summed E-state index contributed by atoms with van der Waals surface area (Å²) in [4.78, 5) is 25.2. The van der Waals surface area contributed by atoms with Crippen LogP contribution < -0.4 is 11.2 Å². The van der Waals surface area contributed by atoms with Gasteiger partial charge in [0.2, 0.25) is 0 Å². The number of aromatic amines is 1. The minimum absolute atomic E-state index is 0.391. The minimum Gasteiger partial charge on any atom is -0.272 e. The van der Waals surface area contributed by atoms with Gasteiger partial charge in [0, 0.05) is 21.9 Å². The van der Waals surface area contributed by atoms with Crippen LogP contribution in [0, 0.1) is 0 Å². The smallest absolute Gasteiger partial charge is 0.272 e. The number of hydrogen-bond acceptors (Lipinski definition) is 3. The number of fused-ring (bicyclic) bond motifs is 3. The van der Waals surface area contributed by atoms with Gasteiger partial charge in [0.15, 0.2) is 0 Å². The van der Waals surface area contributed by atoms with E-state index in [2.05, 4.69) is 4.98 Å². The molecule has 0 radical (unpaired) electrons. The molecule has 4 nitrogen and oxygen atoms in total. The number of H-pyrrole nitrogens is 1. The molecule has 6 heteroatoms. The van der Waals surface area contributed by atoms with Crippen LogP contribution in [0.5, 0.6) is 0 Å². The van der Waals surface area contributed by atoms with Crippen LogP contribution in [0.25, 0.3) is 20.3 Å². The first-order valence-electron chi connectivity index (χ1n) is 4.51. The van der Waals surface area contributed by atoms with E-state index in [9.17, 15) is 9.59 Å². The number of halogens is 1. The monoisotopic (exact) mass is 252 g/mol. The summed E-state index contributed by atoms with van der Waals surface area (Å²) in [5.74, 6) is 0. The molecule has 0 bridgehead atoms. The van der Waals surface area contributed by atoms with Crippen molar-refractivity contribution in [3.63, 3.8) is 0 Å². The van der Waals surface area contributed by atoms with Crippen LogP contribution in [-0.2, 0) is 0 Å². The lowest BCUT2D eigenvalue weighted by molar-refractivity contribution is 1.03. The SMILES string of the molecule is O=c1[nH]c(=O)n(Cl)c2c1sc1ccccc12. The van der Waals surface area contributed by atoms with Crippen molar-refractivity contribution < 1.29 is 0 Å². The highest BCUT2D eigenvalue weighted by atomic mass is 35.5. The lowest BCUT2D eigenvalue weighted by Gasteiger charge is -1.95. The molecule has 0 amide bonds. The molecule has 2 aromatic heterocycles. The Morgan fingerprint density at radius 1 is 1.25 bits per heavy atom. The largest absolute Gasteiger partial charge is 0.343 e. The Kier molecular flexibility index (Phi) is 1.92. The summed E-state index contributed by atoms with van der Waals surface area (Å²) >= 11 is 7.18. The summed E-state index contributed by atoms with van der Waals surface area (Å²) in [7, 11) is 0. The summed E-state index contributed by atoms with van der Waals surface area (Å²) in [5, 5.41) is 0.820. The van der Waals surface area contributed by atoms with E-state index in [1.807, 2.05) is 24.3 Å². The number of nitrogens with one attached hydrogen (secondary N) is 1. The number of benzene rings is 1. The van der Waals surface area contributed by atoms with Crippen molar-refractivity contribution in [3.05, 3.63) is 45.1 Å². The van der Waals surface area contributed by atoms with E-state index >= 15 is 0 Å².